The van der Waals surface area contributed by atoms with Gasteiger partial charge in [-0.05, 0) is 36.8 Å². The van der Waals surface area contributed by atoms with E-state index < -0.39 is 0 Å². The van der Waals surface area contributed by atoms with Crippen molar-refractivity contribution >= 4 is 17.3 Å². The third-order valence-electron chi connectivity index (χ3n) is 4.52. The van der Waals surface area contributed by atoms with Crippen molar-refractivity contribution < 1.29 is 9.53 Å². The molecule has 0 radical (unpaired) electrons. The Morgan fingerprint density at radius 3 is 2.46 bits per heavy atom. The molecule has 2 aromatic carbocycles. The molecule has 3 rings (SSSR count). The molecule has 1 aliphatic heterocycles. The van der Waals surface area contributed by atoms with E-state index in [2.05, 4.69) is 11.0 Å². The number of benzene rings is 2. The van der Waals surface area contributed by atoms with E-state index in [1.807, 2.05) is 42.2 Å². The minimum Gasteiger partial charge on any atom is -0.495 e. The molecular weight excluding hydrogens is 302 g/mol. The van der Waals surface area contributed by atoms with E-state index in [0.29, 0.717) is 24.3 Å². The van der Waals surface area contributed by atoms with E-state index in [0.717, 1.165) is 30.1 Å². The molecule has 5 heteroatoms. The minimum absolute atomic E-state index is 0.0429. The number of para-hydroxylation sites is 2. The van der Waals surface area contributed by atoms with Gasteiger partial charge < -0.3 is 20.3 Å². The zero-order valence-electron chi connectivity index (χ0n) is 14.2. The number of methoxy groups -OCH3 is 1. The number of anilines is 2. The summed E-state index contributed by atoms with van der Waals surface area (Å²) in [6.07, 6.45) is 0. The van der Waals surface area contributed by atoms with Gasteiger partial charge in [0, 0.05) is 37.4 Å². The van der Waals surface area contributed by atoms with Crippen LogP contribution in [0.4, 0.5) is 11.4 Å². The van der Waals surface area contributed by atoms with Gasteiger partial charge in [-0.25, -0.2) is 0 Å². The van der Waals surface area contributed by atoms with Gasteiger partial charge in [-0.15, -0.1) is 0 Å². The monoisotopic (exact) mass is 325 g/mol. The third-order valence-corrected chi connectivity index (χ3v) is 4.52. The fraction of sp³-hybridized carbons (Fsp3) is 0.316. The highest BCUT2D eigenvalue weighted by Crippen LogP contribution is 2.28. The molecule has 1 aliphatic rings. The lowest BCUT2D eigenvalue weighted by Gasteiger charge is -2.36. The fourth-order valence-electron chi connectivity index (χ4n) is 3.00. The number of hydrogen-bond donors (Lipinski definition) is 1. The Morgan fingerprint density at radius 2 is 1.79 bits per heavy atom. The Kier molecular flexibility index (Phi) is 4.60. The lowest BCUT2D eigenvalue weighted by Crippen LogP contribution is -2.48. The molecular formula is C19H23N3O2. The summed E-state index contributed by atoms with van der Waals surface area (Å²) in [5.74, 6) is 0.907. The Morgan fingerprint density at radius 1 is 1.08 bits per heavy atom. The maximum absolute atomic E-state index is 12.7. The summed E-state index contributed by atoms with van der Waals surface area (Å²) in [6, 6.07) is 13.5. The number of aryl methyl sites for hydroxylation is 1. The average Bonchev–Trinajstić information content (AvgIpc) is 2.63. The Bertz CT molecular complexity index is 737. The van der Waals surface area contributed by atoms with Crippen molar-refractivity contribution in [1.29, 1.82) is 0 Å². The van der Waals surface area contributed by atoms with Gasteiger partial charge in [-0.2, -0.15) is 0 Å². The maximum atomic E-state index is 12.7. The van der Waals surface area contributed by atoms with Crippen LogP contribution in [0.15, 0.2) is 42.5 Å². The van der Waals surface area contributed by atoms with Crippen molar-refractivity contribution in [3.8, 4) is 5.75 Å². The normalized spacial score (nSPS) is 14.6. The van der Waals surface area contributed by atoms with Crippen molar-refractivity contribution in [2.75, 3.05) is 43.9 Å². The quantitative estimate of drug-likeness (QED) is 0.881. The largest absolute Gasteiger partial charge is 0.495 e. The first-order valence-electron chi connectivity index (χ1n) is 8.13. The average molecular weight is 325 g/mol. The lowest BCUT2D eigenvalue weighted by atomic mass is 10.1. The van der Waals surface area contributed by atoms with Crippen LogP contribution in [-0.4, -0.2) is 44.1 Å². The summed E-state index contributed by atoms with van der Waals surface area (Å²) in [7, 11) is 1.68. The maximum Gasteiger partial charge on any atom is 0.254 e. The molecule has 1 amide bonds. The number of rotatable bonds is 3. The minimum atomic E-state index is 0.0429. The number of ether oxygens (including phenoxy) is 1. The predicted octanol–water partition coefficient (Wildman–Crippen LogP) is 2.55. The fourth-order valence-corrected chi connectivity index (χ4v) is 3.00. The van der Waals surface area contributed by atoms with E-state index in [4.69, 9.17) is 10.5 Å². The van der Waals surface area contributed by atoms with Crippen molar-refractivity contribution in [2.45, 2.75) is 6.92 Å². The number of carbonyl (C=O) groups is 1. The molecule has 1 heterocycles. The first-order valence-corrected chi connectivity index (χ1v) is 8.13. The highest BCUT2D eigenvalue weighted by Gasteiger charge is 2.23. The van der Waals surface area contributed by atoms with Gasteiger partial charge in [0.15, 0.2) is 0 Å². The van der Waals surface area contributed by atoms with Gasteiger partial charge in [0.2, 0.25) is 0 Å². The molecule has 0 atom stereocenters. The predicted molar refractivity (Wildman–Crippen MR) is 96.7 cm³/mol. The third kappa shape index (κ3) is 3.15. The number of amides is 1. The number of piperazine rings is 1. The Hall–Kier alpha value is -2.69. The van der Waals surface area contributed by atoms with Gasteiger partial charge in [-0.3, -0.25) is 4.79 Å². The second-order valence-electron chi connectivity index (χ2n) is 6.02. The van der Waals surface area contributed by atoms with Crippen LogP contribution in [0.1, 0.15) is 15.9 Å². The highest BCUT2D eigenvalue weighted by atomic mass is 16.5. The molecule has 0 spiro atoms. The number of nitrogens with zero attached hydrogens (tertiary/aromatic N) is 2. The van der Waals surface area contributed by atoms with E-state index in [1.165, 1.54) is 0 Å². The van der Waals surface area contributed by atoms with Gasteiger partial charge in [0.05, 0.1) is 12.8 Å². The molecule has 0 unspecified atom stereocenters. The molecule has 126 valence electrons. The second-order valence-corrected chi connectivity index (χ2v) is 6.02. The van der Waals surface area contributed by atoms with Crippen molar-refractivity contribution in [3.63, 3.8) is 0 Å². The van der Waals surface area contributed by atoms with Gasteiger partial charge in [0.1, 0.15) is 5.75 Å². The molecule has 2 aromatic rings. The summed E-state index contributed by atoms with van der Waals surface area (Å²) in [5, 5.41) is 0. The molecule has 0 aromatic heterocycles. The smallest absolute Gasteiger partial charge is 0.254 e. The standard InChI is InChI=1S/C19H23N3O2/c1-14-7-8-15(13-16(14)20)19(23)22-11-9-21(10-12-22)17-5-3-4-6-18(17)24-2/h3-8,13H,9-12,20H2,1-2H3. The summed E-state index contributed by atoms with van der Waals surface area (Å²) in [4.78, 5) is 16.8. The topological polar surface area (TPSA) is 58.8 Å². The number of carbonyl (C=O) groups excluding carboxylic acids is 1. The van der Waals surface area contributed by atoms with Crippen LogP contribution >= 0.6 is 0 Å². The second kappa shape index (κ2) is 6.83. The summed E-state index contributed by atoms with van der Waals surface area (Å²) in [6.45, 7) is 4.88. The molecule has 0 saturated carbocycles. The number of hydrogen-bond acceptors (Lipinski definition) is 4. The molecule has 5 nitrogen and oxygen atoms in total. The summed E-state index contributed by atoms with van der Waals surface area (Å²) >= 11 is 0. The molecule has 0 aliphatic carbocycles. The van der Waals surface area contributed by atoms with E-state index in [1.54, 1.807) is 13.2 Å². The van der Waals surface area contributed by atoms with Crippen LogP contribution in [-0.2, 0) is 0 Å². The van der Waals surface area contributed by atoms with Crippen LogP contribution < -0.4 is 15.4 Å². The molecule has 1 saturated heterocycles. The van der Waals surface area contributed by atoms with Crippen LogP contribution in [0, 0.1) is 6.92 Å². The van der Waals surface area contributed by atoms with Crippen molar-refractivity contribution in [2.24, 2.45) is 0 Å². The summed E-state index contributed by atoms with van der Waals surface area (Å²) in [5.41, 5.74) is 9.31. The van der Waals surface area contributed by atoms with E-state index in [-0.39, 0.29) is 5.91 Å². The van der Waals surface area contributed by atoms with Gasteiger partial charge in [0.25, 0.3) is 5.91 Å². The van der Waals surface area contributed by atoms with Crippen LogP contribution in [0.3, 0.4) is 0 Å². The van der Waals surface area contributed by atoms with Gasteiger partial charge in [-0.1, -0.05) is 18.2 Å². The number of nitrogen functional groups attached to an aromatic ring is 1. The van der Waals surface area contributed by atoms with Crippen LogP contribution in [0.2, 0.25) is 0 Å². The van der Waals surface area contributed by atoms with E-state index in [9.17, 15) is 4.79 Å². The van der Waals surface area contributed by atoms with Crippen LogP contribution in [0.5, 0.6) is 5.75 Å². The van der Waals surface area contributed by atoms with Crippen molar-refractivity contribution in [3.05, 3.63) is 53.6 Å². The molecule has 1 fully saturated rings. The Labute approximate surface area is 142 Å². The van der Waals surface area contributed by atoms with Crippen LogP contribution in [0.25, 0.3) is 0 Å². The first-order chi connectivity index (χ1) is 11.6. The first kappa shape index (κ1) is 16.2. The van der Waals surface area contributed by atoms with Crippen molar-refractivity contribution in [1.82, 2.24) is 4.90 Å². The SMILES string of the molecule is COc1ccccc1N1CCN(C(=O)c2ccc(C)c(N)c2)CC1. The molecule has 24 heavy (non-hydrogen) atoms. The number of nitrogens with two attached hydrogens (primary N) is 1. The zero-order valence-corrected chi connectivity index (χ0v) is 14.2. The zero-order chi connectivity index (χ0) is 17.1. The van der Waals surface area contributed by atoms with Gasteiger partial charge >= 0.3 is 0 Å². The Balaban J connectivity index is 1.68. The lowest BCUT2D eigenvalue weighted by molar-refractivity contribution is 0.0746. The summed E-state index contributed by atoms with van der Waals surface area (Å²) < 4.78 is 5.43. The van der Waals surface area contributed by atoms with E-state index >= 15 is 0 Å². The molecule has 0 bridgehead atoms. The highest BCUT2D eigenvalue weighted by molar-refractivity contribution is 5.95. The molecule has 2 N–H and O–H groups in total.